The predicted octanol–water partition coefficient (Wildman–Crippen LogP) is 5.90. The van der Waals surface area contributed by atoms with E-state index in [1.165, 1.54) is 36.8 Å². The van der Waals surface area contributed by atoms with Gasteiger partial charge in [0, 0.05) is 0 Å². The average molecular weight is 274 g/mol. The molecule has 0 unspecified atom stereocenters. The molecule has 2 aromatic carbocycles. The van der Waals surface area contributed by atoms with Gasteiger partial charge in [-0.3, -0.25) is 0 Å². The quantitative estimate of drug-likeness (QED) is 0.607. The second kappa shape index (κ2) is 5.18. The van der Waals surface area contributed by atoms with Crippen LogP contribution in [0, 0.1) is 5.92 Å². The Kier molecular flexibility index (Phi) is 3.18. The Morgan fingerprint density at radius 3 is 2.48 bits per heavy atom. The standard InChI is InChI=1S/C21H22/c1-15-17-11-5-8-14-20(17)21-18(15)12-6-7-13-19(21)16-9-3-2-4-10-16/h2-5,8-11,14-15,18H,6-7,12-13H2,1H3/t15-,18+/m1/s1. The van der Waals surface area contributed by atoms with Gasteiger partial charge in [-0.05, 0) is 58.9 Å². The molecule has 0 amide bonds. The number of rotatable bonds is 1. The van der Waals surface area contributed by atoms with Crippen molar-refractivity contribution in [2.75, 3.05) is 0 Å². The van der Waals surface area contributed by atoms with E-state index >= 15 is 0 Å². The van der Waals surface area contributed by atoms with E-state index in [0.29, 0.717) is 5.92 Å². The maximum absolute atomic E-state index is 2.42. The summed E-state index contributed by atoms with van der Waals surface area (Å²) >= 11 is 0. The Morgan fingerprint density at radius 1 is 0.857 bits per heavy atom. The van der Waals surface area contributed by atoms with Crippen molar-refractivity contribution in [3.8, 4) is 0 Å². The van der Waals surface area contributed by atoms with Gasteiger partial charge in [0.15, 0.2) is 0 Å². The topological polar surface area (TPSA) is 0 Å². The Bertz CT molecular complexity index is 678. The van der Waals surface area contributed by atoms with Crippen LogP contribution in [0.15, 0.2) is 54.6 Å². The summed E-state index contributed by atoms with van der Waals surface area (Å²) in [4.78, 5) is 0. The zero-order valence-electron chi connectivity index (χ0n) is 12.7. The van der Waals surface area contributed by atoms with Crippen LogP contribution < -0.4 is 0 Å². The summed E-state index contributed by atoms with van der Waals surface area (Å²) in [6.45, 7) is 2.42. The highest BCUT2D eigenvalue weighted by atomic mass is 14.4. The maximum atomic E-state index is 2.42. The molecule has 21 heavy (non-hydrogen) atoms. The SMILES string of the molecule is C[C@@H]1c2ccccc2C2=C(c3ccccc3)CCCC[C@H]21. The Balaban J connectivity index is 1.96. The van der Waals surface area contributed by atoms with Crippen molar-refractivity contribution in [1.82, 2.24) is 0 Å². The molecule has 0 heteroatoms. The number of fused-ring (bicyclic) bond motifs is 3. The third kappa shape index (κ3) is 2.05. The van der Waals surface area contributed by atoms with Crippen molar-refractivity contribution in [3.63, 3.8) is 0 Å². The molecule has 0 spiro atoms. The Labute approximate surface area is 127 Å². The number of hydrogen-bond donors (Lipinski definition) is 0. The minimum atomic E-state index is 0.674. The largest absolute Gasteiger partial charge is 0.0622 e. The molecule has 0 saturated carbocycles. The van der Waals surface area contributed by atoms with E-state index < -0.39 is 0 Å². The van der Waals surface area contributed by atoms with Crippen LogP contribution in [-0.4, -0.2) is 0 Å². The van der Waals surface area contributed by atoms with Gasteiger partial charge in [0.1, 0.15) is 0 Å². The van der Waals surface area contributed by atoms with Gasteiger partial charge in [0.25, 0.3) is 0 Å². The van der Waals surface area contributed by atoms with Gasteiger partial charge in [-0.2, -0.15) is 0 Å². The van der Waals surface area contributed by atoms with E-state index in [-0.39, 0.29) is 0 Å². The fourth-order valence-corrected chi connectivity index (χ4v) is 4.33. The van der Waals surface area contributed by atoms with Crippen LogP contribution in [0.1, 0.15) is 55.2 Å². The second-order valence-corrected chi connectivity index (χ2v) is 6.49. The number of hydrogen-bond acceptors (Lipinski definition) is 0. The third-order valence-electron chi connectivity index (χ3n) is 5.36. The molecule has 0 aromatic heterocycles. The fraction of sp³-hybridized carbons (Fsp3) is 0.333. The van der Waals surface area contributed by atoms with Crippen LogP contribution in [0.3, 0.4) is 0 Å². The molecule has 2 aliphatic rings. The molecule has 0 bridgehead atoms. The lowest BCUT2D eigenvalue weighted by Gasteiger charge is -2.18. The predicted molar refractivity (Wildman–Crippen MR) is 90.1 cm³/mol. The van der Waals surface area contributed by atoms with E-state index in [2.05, 4.69) is 61.5 Å². The van der Waals surface area contributed by atoms with Crippen LogP contribution in [0.4, 0.5) is 0 Å². The van der Waals surface area contributed by atoms with Crippen LogP contribution in [0.25, 0.3) is 11.1 Å². The molecule has 0 saturated heterocycles. The molecule has 0 nitrogen and oxygen atoms in total. The fourth-order valence-electron chi connectivity index (χ4n) is 4.33. The lowest BCUT2D eigenvalue weighted by Crippen LogP contribution is -2.03. The first-order valence-electron chi connectivity index (χ1n) is 8.24. The summed E-state index contributed by atoms with van der Waals surface area (Å²) in [5, 5.41) is 0. The minimum Gasteiger partial charge on any atom is -0.0622 e. The molecule has 106 valence electrons. The molecule has 2 aliphatic carbocycles. The summed E-state index contributed by atoms with van der Waals surface area (Å²) in [6.07, 6.45) is 5.28. The highest BCUT2D eigenvalue weighted by Crippen LogP contribution is 2.53. The van der Waals surface area contributed by atoms with Crippen molar-refractivity contribution in [2.24, 2.45) is 5.92 Å². The Hall–Kier alpha value is -1.82. The van der Waals surface area contributed by atoms with E-state index in [1.54, 1.807) is 16.7 Å². The highest BCUT2D eigenvalue weighted by Gasteiger charge is 2.36. The van der Waals surface area contributed by atoms with Crippen LogP contribution in [0.2, 0.25) is 0 Å². The minimum absolute atomic E-state index is 0.674. The first-order chi connectivity index (χ1) is 10.4. The summed E-state index contributed by atoms with van der Waals surface area (Å²) in [5.41, 5.74) is 7.78. The lowest BCUT2D eigenvalue weighted by atomic mass is 9.86. The first kappa shape index (κ1) is 12.9. The number of benzene rings is 2. The van der Waals surface area contributed by atoms with Gasteiger partial charge in [0.05, 0.1) is 0 Å². The van der Waals surface area contributed by atoms with Gasteiger partial charge in [0.2, 0.25) is 0 Å². The second-order valence-electron chi connectivity index (χ2n) is 6.49. The zero-order chi connectivity index (χ0) is 14.2. The van der Waals surface area contributed by atoms with Crippen molar-refractivity contribution in [2.45, 2.75) is 38.5 Å². The molecule has 4 rings (SSSR count). The average Bonchev–Trinajstić information content (AvgIpc) is 2.71. The molecule has 2 aromatic rings. The first-order valence-corrected chi connectivity index (χ1v) is 8.24. The molecule has 0 radical (unpaired) electrons. The van der Waals surface area contributed by atoms with E-state index in [4.69, 9.17) is 0 Å². The molecule has 0 N–H and O–H groups in total. The van der Waals surface area contributed by atoms with Crippen molar-refractivity contribution in [3.05, 3.63) is 71.3 Å². The van der Waals surface area contributed by atoms with Gasteiger partial charge < -0.3 is 0 Å². The molecule has 2 atom stereocenters. The highest BCUT2D eigenvalue weighted by molar-refractivity contribution is 5.95. The van der Waals surface area contributed by atoms with Crippen LogP contribution in [-0.2, 0) is 0 Å². The summed E-state index contributed by atoms with van der Waals surface area (Å²) in [6, 6.07) is 20.1. The van der Waals surface area contributed by atoms with Crippen LogP contribution in [0.5, 0.6) is 0 Å². The normalized spacial score (nSPS) is 24.4. The summed E-state index contributed by atoms with van der Waals surface area (Å²) in [5.74, 6) is 1.40. The Morgan fingerprint density at radius 2 is 1.62 bits per heavy atom. The van der Waals surface area contributed by atoms with Crippen LogP contribution >= 0.6 is 0 Å². The third-order valence-corrected chi connectivity index (χ3v) is 5.36. The van der Waals surface area contributed by atoms with Gasteiger partial charge in [-0.15, -0.1) is 0 Å². The maximum Gasteiger partial charge on any atom is -0.00865 e. The molecule has 0 fully saturated rings. The summed E-state index contributed by atoms with van der Waals surface area (Å²) in [7, 11) is 0. The van der Waals surface area contributed by atoms with Gasteiger partial charge in [-0.1, -0.05) is 67.9 Å². The molecular weight excluding hydrogens is 252 g/mol. The lowest BCUT2D eigenvalue weighted by molar-refractivity contribution is 0.517. The molecule has 0 heterocycles. The van der Waals surface area contributed by atoms with E-state index in [1.807, 2.05) is 0 Å². The molecular formula is C21H22. The number of allylic oxidation sites excluding steroid dienone is 2. The van der Waals surface area contributed by atoms with E-state index in [0.717, 1.165) is 5.92 Å². The smallest absolute Gasteiger partial charge is 0.00865 e. The van der Waals surface area contributed by atoms with Gasteiger partial charge in [-0.25, -0.2) is 0 Å². The molecule has 0 aliphatic heterocycles. The van der Waals surface area contributed by atoms with Crippen molar-refractivity contribution >= 4 is 11.1 Å². The van der Waals surface area contributed by atoms with E-state index in [9.17, 15) is 0 Å². The zero-order valence-corrected chi connectivity index (χ0v) is 12.7. The monoisotopic (exact) mass is 274 g/mol. The summed E-state index contributed by atoms with van der Waals surface area (Å²) < 4.78 is 0. The van der Waals surface area contributed by atoms with Crippen molar-refractivity contribution < 1.29 is 0 Å². The van der Waals surface area contributed by atoms with Gasteiger partial charge >= 0.3 is 0 Å². The van der Waals surface area contributed by atoms with Crippen molar-refractivity contribution in [1.29, 1.82) is 0 Å².